The highest BCUT2D eigenvalue weighted by atomic mass is 16.7. The Morgan fingerprint density at radius 3 is 2.32 bits per heavy atom. The van der Waals surface area contributed by atoms with Gasteiger partial charge < -0.3 is 13.7 Å². The second kappa shape index (κ2) is 5.90. The Hall–Kier alpha value is -2.69. The maximum Gasteiger partial charge on any atom is 0.498 e. The molecule has 0 radical (unpaired) electrons. The molecule has 0 amide bonds. The predicted octanol–water partition coefficient (Wildman–Crippen LogP) is 5.37. The van der Waals surface area contributed by atoms with Crippen molar-refractivity contribution in [2.45, 2.75) is 32.0 Å². The Morgan fingerprint density at radius 1 is 0.821 bits per heavy atom. The van der Waals surface area contributed by atoms with Crippen LogP contribution in [0.15, 0.2) is 71.1 Å². The number of fused-ring (bicyclic) bond motifs is 3. The third-order valence-electron chi connectivity index (χ3n) is 5.92. The van der Waals surface area contributed by atoms with Gasteiger partial charge in [-0.25, -0.2) is 0 Å². The lowest BCUT2D eigenvalue weighted by Gasteiger charge is -2.25. The summed E-state index contributed by atoms with van der Waals surface area (Å²) in [6, 6.07) is 22.8. The van der Waals surface area contributed by atoms with Crippen molar-refractivity contribution >= 4 is 34.5 Å². The molecule has 0 aliphatic carbocycles. The molecule has 0 N–H and O–H groups in total. The third kappa shape index (κ3) is 2.56. The SMILES string of the molecule is [CH2+]C1(C)OB(c2ccc3c(c2)oc2cccc(-c4ccccc4)c23)OC1(C)C. The molecule has 1 saturated heterocycles. The first-order chi connectivity index (χ1) is 13.4. The van der Waals surface area contributed by atoms with Crippen LogP contribution >= 0.6 is 0 Å². The molecule has 1 aromatic heterocycles. The number of rotatable bonds is 2. The van der Waals surface area contributed by atoms with E-state index in [0.29, 0.717) is 0 Å². The lowest BCUT2D eigenvalue weighted by atomic mass is 9.79. The maximum absolute atomic E-state index is 6.19. The zero-order valence-electron chi connectivity index (χ0n) is 16.4. The molecule has 1 fully saturated rings. The molecule has 0 saturated carbocycles. The molecule has 1 unspecified atom stereocenters. The average molecular weight is 369 g/mol. The molecule has 5 rings (SSSR count). The van der Waals surface area contributed by atoms with Crippen LogP contribution in [0.4, 0.5) is 0 Å². The summed E-state index contributed by atoms with van der Waals surface area (Å²) in [6.45, 7) is 10.1. The van der Waals surface area contributed by atoms with E-state index in [1.165, 1.54) is 11.1 Å². The Balaban J connectivity index is 1.64. The quantitative estimate of drug-likeness (QED) is 0.352. The van der Waals surface area contributed by atoms with Gasteiger partial charge in [-0.3, -0.25) is 0 Å². The van der Waals surface area contributed by atoms with Crippen LogP contribution in [0, 0.1) is 6.92 Å². The minimum Gasteiger partial charge on any atom is -0.456 e. The van der Waals surface area contributed by atoms with Crippen molar-refractivity contribution in [1.29, 1.82) is 0 Å². The van der Waals surface area contributed by atoms with Crippen LogP contribution in [0.1, 0.15) is 20.8 Å². The van der Waals surface area contributed by atoms with E-state index in [0.717, 1.165) is 27.4 Å². The van der Waals surface area contributed by atoms with Crippen molar-refractivity contribution in [1.82, 2.24) is 0 Å². The molecule has 1 aliphatic heterocycles. The summed E-state index contributed by atoms with van der Waals surface area (Å²) < 4.78 is 18.4. The Labute approximate surface area is 165 Å². The molecule has 1 atom stereocenters. The number of hydrogen-bond acceptors (Lipinski definition) is 3. The molecule has 0 bridgehead atoms. The molecule has 0 spiro atoms. The van der Waals surface area contributed by atoms with Gasteiger partial charge in [-0.05, 0) is 42.6 Å². The fraction of sp³-hybridized carbons (Fsp3) is 0.208. The Morgan fingerprint density at radius 2 is 1.61 bits per heavy atom. The molecule has 1 aliphatic rings. The summed E-state index contributed by atoms with van der Waals surface area (Å²) in [4.78, 5) is 0. The van der Waals surface area contributed by atoms with E-state index in [1.54, 1.807) is 0 Å². The summed E-state index contributed by atoms with van der Waals surface area (Å²) in [5, 5.41) is 2.22. The number of benzene rings is 3. The van der Waals surface area contributed by atoms with Crippen molar-refractivity contribution in [3.8, 4) is 11.1 Å². The Kier molecular flexibility index (Phi) is 3.67. The second-order valence-corrected chi connectivity index (χ2v) is 8.21. The summed E-state index contributed by atoms with van der Waals surface area (Å²) in [6.07, 6.45) is 0. The van der Waals surface area contributed by atoms with E-state index in [2.05, 4.69) is 49.4 Å². The molecular weight excluding hydrogens is 347 g/mol. The normalized spacial score (nSPS) is 21.6. The summed E-state index contributed by atoms with van der Waals surface area (Å²) in [7, 11) is -0.455. The van der Waals surface area contributed by atoms with Crippen molar-refractivity contribution in [3.63, 3.8) is 0 Å². The van der Waals surface area contributed by atoms with E-state index in [1.807, 2.05) is 45.0 Å². The molecule has 4 heteroatoms. The van der Waals surface area contributed by atoms with Crippen LogP contribution in [0.25, 0.3) is 33.1 Å². The van der Waals surface area contributed by atoms with E-state index < -0.39 is 18.3 Å². The highest BCUT2D eigenvalue weighted by Crippen LogP contribution is 2.38. The first-order valence-electron chi connectivity index (χ1n) is 9.57. The highest BCUT2D eigenvalue weighted by Gasteiger charge is 2.57. The molecule has 4 aromatic rings. The van der Waals surface area contributed by atoms with Crippen molar-refractivity contribution in [2.75, 3.05) is 0 Å². The Bertz CT molecular complexity index is 1160. The average Bonchev–Trinajstić information content (AvgIpc) is 3.15. The topological polar surface area (TPSA) is 31.6 Å². The number of furan rings is 1. The zero-order chi connectivity index (χ0) is 19.5. The lowest BCUT2D eigenvalue weighted by Crippen LogP contribution is -2.42. The summed E-state index contributed by atoms with van der Waals surface area (Å²) in [5.74, 6) is 0. The molecular formula is C24H22BO3+. The van der Waals surface area contributed by atoms with Gasteiger partial charge >= 0.3 is 7.12 Å². The smallest absolute Gasteiger partial charge is 0.456 e. The molecule has 28 heavy (non-hydrogen) atoms. The van der Waals surface area contributed by atoms with Crippen LogP contribution in [-0.2, 0) is 9.31 Å². The van der Waals surface area contributed by atoms with Crippen LogP contribution in [0.5, 0.6) is 0 Å². The minimum atomic E-state index is -0.610. The van der Waals surface area contributed by atoms with Gasteiger partial charge in [0.15, 0.2) is 0 Å². The highest BCUT2D eigenvalue weighted by molar-refractivity contribution is 6.62. The van der Waals surface area contributed by atoms with E-state index in [-0.39, 0.29) is 0 Å². The van der Waals surface area contributed by atoms with Gasteiger partial charge in [0.2, 0.25) is 5.60 Å². The van der Waals surface area contributed by atoms with Gasteiger partial charge in [0, 0.05) is 17.7 Å². The van der Waals surface area contributed by atoms with Gasteiger partial charge in [-0.2, -0.15) is 0 Å². The summed E-state index contributed by atoms with van der Waals surface area (Å²) in [5.41, 5.74) is 3.92. The van der Waals surface area contributed by atoms with Crippen LogP contribution in [0.3, 0.4) is 0 Å². The van der Waals surface area contributed by atoms with Gasteiger partial charge in [0.05, 0.1) is 6.92 Å². The fourth-order valence-electron chi connectivity index (χ4n) is 3.78. The fourth-order valence-corrected chi connectivity index (χ4v) is 3.78. The van der Waals surface area contributed by atoms with Crippen LogP contribution in [-0.4, -0.2) is 18.3 Å². The van der Waals surface area contributed by atoms with Gasteiger partial charge in [-0.1, -0.05) is 54.6 Å². The number of hydrogen-bond donors (Lipinski definition) is 0. The van der Waals surface area contributed by atoms with Crippen molar-refractivity contribution in [2.24, 2.45) is 0 Å². The van der Waals surface area contributed by atoms with Crippen molar-refractivity contribution < 1.29 is 13.7 Å². The van der Waals surface area contributed by atoms with Crippen LogP contribution < -0.4 is 5.46 Å². The second-order valence-electron chi connectivity index (χ2n) is 8.21. The maximum atomic E-state index is 6.19. The summed E-state index contributed by atoms with van der Waals surface area (Å²) >= 11 is 0. The van der Waals surface area contributed by atoms with E-state index >= 15 is 0 Å². The van der Waals surface area contributed by atoms with Crippen LogP contribution in [0.2, 0.25) is 0 Å². The van der Waals surface area contributed by atoms with Gasteiger partial charge in [0.25, 0.3) is 0 Å². The zero-order valence-corrected chi connectivity index (χ0v) is 16.4. The van der Waals surface area contributed by atoms with Gasteiger partial charge in [0.1, 0.15) is 16.8 Å². The van der Waals surface area contributed by atoms with Gasteiger partial charge in [-0.15, -0.1) is 0 Å². The van der Waals surface area contributed by atoms with E-state index in [4.69, 9.17) is 13.7 Å². The molecule has 3 nitrogen and oxygen atoms in total. The minimum absolute atomic E-state index is 0.455. The van der Waals surface area contributed by atoms with Crippen molar-refractivity contribution in [3.05, 3.63) is 73.7 Å². The monoisotopic (exact) mass is 369 g/mol. The predicted molar refractivity (Wildman–Crippen MR) is 115 cm³/mol. The lowest BCUT2D eigenvalue weighted by molar-refractivity contribution is 0.0262. The van der Waals surface area contributed by atoms with E-state index in [9.17, 15) is 0 Å². The standard InChI is InChI=1S/C24H22BO3/c1-23(2)24(3,4)28-25(27-23)17-13-14-19-21(15-17)26-20-12-8-11-18(22(19)20)16-9-6-5-7-10-16/h5-15H,1H2,2-4H3/q+1. The molecule has 3 aromatic carbocycles. The third-order valence-corrected chi connectivity index (χ3v) is 5.92. The first-order valence-corrected chi connectivity index (χ1v) is 9.57. The molecule has 138 valence electrons. The molecule has 2 heterocycles. The largest absolute Gasteiger partial charge is 0.498 e. The first kappa shape index (κ1) is 17.4.